The van der Waals surface area contributed by atoms with Crippen LogP contribution in [-0.2, 0) is 0 Å². The summed E-state index contributed by atoms with van der Waals surface area (Å²) in [6.45, 7) is 0. The van der Waals surface area contributed by atoms with Gasteiger partial charge in [0.05, 0.1) is 11.0 Å². The molecule has 0 spiro atoms. The maximum absolute atomic E-state index is 6.58. The molecule has 5 nitrogen and oxygen atoms in total. The number of hydrogen-bond donors (Lipinski definition) is 0. The molecule has 0 saturated carbocycles. The van der Waals surface area contributed by atoms with Crippen LogP contribution in [0.1, 0.15) is 0 Å². The van der Waals surface area contributed by atoms with E-state index in [1.165, 1.54) is 47.5 Å². The first-order valence-electron chi connectivity index (χ1n) is 23.2. The fourth-order valence-corrected chi connectivity index (χ4v) is 11.4. The molecule has 322 valence electrons. The summed E-state index contributed by atoms with van der Waals surface area (Å²) in [6.07, 6.45) is 0. The Morgan fingerprint density at radius 3 is 1.70 bits per heavy atom. The van der Waals surface area contributed by atoms with Gasteiger partial charge in [0.1, 0.15) is 11.2 Å². The first kappa shape index (κ1) is 39.2. The zero-order chi connectivity index (χ0) is 45.4. The first-order chi connectivity index (χ1) is 34.2. The van der Waals surface area contributed by atoms with Gasteiger partial charge in [0, 0.05) is 64.1 Å². The standard InChI is InChI=1S/C63H38N4OS/c1-3-15-41(16-4-1)61-64-62(48-21-8-7-19-45(48)47-23-14-28-58-60(47)49-22-10-12-27-57(49)69-58)66-63(65-61)50-24-13-26-56-59(50)52-38-43(34-36-55(52)68-56)40-31-29-39(30-32-40)42-33-35-54-51(37-42)46-20-9-11-25-53(46)67(54)44-17-5-2-6-18-44/h1-38H. The van der Waals surface area contributed by atoms with Crippen LogP contribution in [0.3, 0.4) is 0 Å². The van der Waals surface area contributed by atoms with Crippen molar-refractivity contribution in [1.29, 1.82) is 0 Å². The van der Waals surface area contributed by atoms with Crippen molar-refractivity contribution in [2.24, 2.45) is 0 Å². The minimum Gasteiger partial charge on any atom is -0.456 e. The summed E-state index contributed by atoms with van der Waals surface area (Å²) in [5, 5.41) is 6.94. The van der Waals surface area contributed by atoms with E-state index in [4.69, 9.17) is 19.4 Å². The van der Waals surface area contributed by atoms with Gasteiger partial charge in [-0.3, -0.25) is 0 Å². The smallest absolute Gasteiger partial charge is 0.164 e. The Balaban J connectivity index is 0.878. The second-order valence-corrected chi connectivity index (χ2v) is 18.6. The lowest BCUT2D eigenvalue weighted by Crippen LogP contribution is -2.01. The van der Waals surface area contributed by atoms with E-state index >= 15 is 0 Å². The lowest BCUT2D eigenvalue weighted by Gasteiger charge is -2.13. The van der Waals surface area contributed by atoms with Crippen LogP contribution in [0.15, 0.2) is 235 Å². The van der Waals surface area contributed by atoms with E-state index in [0.717, 1.165) is 72.1 Å². The summed E-state index contributed by atoms with van der Waals surface area (Å²) in [5.41, 5.74) is 14.6. The van der Waals surface area contributed by atoms with E-state index in [9.17, 15) is 0 Å². The van der Waals surface area contributed by atoms with Crippen LogP contribution in [0.2, 0.25) is 0 Å². The van der Waals surface area contributed by atoms with E-state index in [1.54, 1.807) is 0 Å². The average molecular weight is 899 g/mol. The van der Waals surface area contributed by atoms with Gasteiger partial charge in [-0.15, -0.1) is 11.3 Å². The molecule has 0 amide bonds. The van der Waals surface area contributed by atoms with Gasteiger partial charge >= 0.3 is 0 Å². The fraction of sp³-hybridized carbons (Fsp3) is 0. The zero-order valence-electron chi connectivity index (χ0n) is 37.0. The minimum atomic E-state index is 0.583. The van der Waals surface area contributed by atoms with Gasteiger partial charge in [0.2, 0.25) is 0 Å². The van der Waals surface area contributed by atoms with Crippen LogP contribution in [0.25, 0.3) is 137 Å². The second-order valence-electron chi connectivity index (χ2n) is 17.5. The number of rotatable bonds is 7. The molecule has 0 aliphatic carbocycles. The van der Waals surface area contributed by atoms with Crippen molar-refractivity contribution in [3.8, 4) is 73.2 Å². The van der Waals surface area contributed by atoms with Crippen LogP contribution in [0, 0.1) is 0 Å². The molecule has 0 radical (unpaired) electrons. The van der Waals surface area contributed by atoms with Crippen molar-refractivity contribution in [2.75, 3.05) is 0 Å². The van der Waals surface area contributed by atoms with Crippen LogP contribution < -0.4 is 0 Å². The molecule has 4 heterocycles. The molecule has 0 unspecified atom stereocenters. The molecule has 0 N–H and O–H groups in total. The monoisotopic (exact) mass is 898 g/mol. The predicted molar refractivity (Wildman–Crippen MR) is 287 cm³/mol. The first-order valence-corrected chi connectivity index (χ1v) is 24.0. The highest BCUT2D eigenvalue weighted by atomic mass is 32.1. The lowest BCUT2D eigenvalue weighted by atomic mass is 9.95. The van der Waals surface area contributed by atoms with Gasteiger partial charge in [0.15, 0.2) is 17.5 Å². The molecule has 14 aromatic rings. The number of fused-ring (bicyclic) bond motifs is 9. The van der Waals surface area contributed by atoms with Crippen LogP contribution >= 0.6 is 11.3 Å². The number of aromatic nitrogens is 4. The molecule has 6 heteroatoms. The molecule has 10 aromatic carbocycles. The third-order valence-electron chi connectivity index (χ3n) is 13.5. The summed E-state index contributed by atoms with van der Waals surface area (Å²) in [7, 11) is 0. The maximum atomic E-state index is 6.58. The second kappa shape index (κ2) is 15.8. The number of benzene rings is 10. The lowest BCUT2D eigenvalue weighted by molar-refractivity contribution is 0.669. The number of thiophene rings is 1. The van der Waals surface area contributed by atoms with Gasteiger partial charge in [-0.1, -0.05) is 170 Å². The SMILES string of the molecule is c1ccc(-c2nc(-c3ccccc3-c3cccc4sc5ccccc5c34)nc(-c3cccc4oc5ccc(-c6ccc(-c7ccc8c(c7)c7ccccc7n8-c7ccccc7)cc6)cc5c34)n2)cc1. The third-order valence-corrected chi connectivity index (χ3v) is 14.6. The van der Waals surface area contributed by atoms with Crippen molar-refractivity contribution >= 4 is 75.3 Å². The summed E-state index contributed by atoms with van der Waals surface area (Å²) >= 11 is 1.82. The number of nitrogens with zero attached hydrogens (tertiary/aromatic N) is 4. The summed E-state index contributed by atoms with van der Waals surface area (Å²) in [4.78, 5) is 15.8. The Bertz CT molecular complexity index is 4300. The van der Waals surface area contributed by atoms with Crippen molar-refractivity contribution in [1.82, 2.24) is 19.5 Å². The van der Waals surface area contributed by atoms with Crippen molar-refractivity contribution in [2.45, 2.75) is 0 Å². The number of para-hydroxylation sites is 2. The molecule has 0 saturated heterocycles. The molecule has 0 atom stereocenters. The largest absolute Gasteiger partial charge is 0.456 e. The minimum absolute atomic E-state index is 0.583. The van der Waals surface area contributed by atoms with Crippen LogP contribution in [0.4, 0.5) is 0 Å². The van der Waals surface area contributed by atoms with Gasteiger partial charge in [0.25, 0.3) is 0 Å². The average Bonchev–Trinajstić information content (AvgIpc) is 4.11. The normalized spacial score (nSPS) is 11.8. The Hall–Kier alpha value is -8.97. The van der Waals surface area contributed by atoms with Crippen LogP contribution in [0.5, 0.6) is 0 Å². The highest BCUT2D eigenvalue weighted by molar-refractivity contribution is 7.25. The Morgan fingerprint density at radius 1 is 0.319 bits per heavy atom. The molecule has 14 rings (SSSR count). The van der Waals surface area contributed by atoms with Gasteiger partial charge in [-0.25, -0.2) is 15.0 Å². The molecule has 69 heavy (non-hydrogen) atoms. The molecule has 0 bridgehead atoms. The summed E-state index contributed by atoms with van der Waals surface area (Å²) < 4.78 is 11.5. The van der Waals surface area contributed by atoms with Crippen LogP contribution in [-0.4, -0.2) is 19.5 Å². The molecule has 4 aromatic heterocycles. The molecular formula is C63H38N4OS. The summed E-state index contributed by atoms with van der Waals surface area (Å²) in [6, 6.07) is 81.5. The van der Waals surface area contributed by atoms with E-state index < -0.39 is 0 Å². The Morgan fingerprint density at radius 2 is 0.884 bits per heavy atom. The molecule has 0 fully saturated rings. The number of hydrogen-bond acceptors (Lipinski definition) is 5. The summed E-state index contributed by atoms with van der Waals surface area (Å²) in [5.74, 6) is 1.80. The Labute approximate surface area is 400 Å². The number of furan rings is 1. The van der Waals surface area contributed by atoms with Gasteiger partial charge in [-0.2, -0.15) is 0 Å². The fourth-order valence-electron chi connectivity index (χ4n) is 10.3. The topological polar surface area (TPSA) is 56.7 Å². The molecular weight excluding hydrogens is 861 g/mol. The maximum Gasteiger partial charge on any atom is 0.164 e. The van der Waals surface area contributed by atoms with Crippen molar-refractivity contribution in [3.05, 3.63) is 231 Å². The van der Waals surface area contributed by atoms with E-state index in [0.29, 0.717) is 17.5 Å². The third kappa shape index (κ3) is 6.49. The molecule has 0 aliphatic rings. The highest BCUT2D eigenvalue weighted by Gasteiger charge is 2.21. The zero-order valence-corrected chi connectivity index (χ0v) is 37.9. The Kier molecular flexibility index (Phi) is 9.00. The van der Waals surface area contributed by atoms with Crippen molar-refractivity contribution < 1.29 is 4.42 Å². The van der Waals surface area contributed by atoms with Gasteiger partial charge in [-0.05, 0) is 94.0 Å². The van der Waals surface area contributed by atoms with Gasteiger partial charge < -0.3 is 8.98 Å². The highest BCUT2D eigenvalue weighted by Crippen LogP contribution is 2.44. The quantitative estimate of drug-likeness (QED) is 0.160. The van der Waals surface area contributed by atoms with E-state index in [1.807, 2.05) is 41.7 Å². The predicted octanol–water partition coefficient (Wildman–Crippen LogP) is 17.2. The van der Waals surface area contributed by atoms with E-state index in [2.05, 4.69) is 205 Å². The van der Waals surface area contributed by atoms with E-state index in [-0.39, 0.29) is 0 Å². The van der Waals surface area contributed by atoms with Crippen molar-refractivity contribution in [3.63, 3.8) is 0 Å². The molecule has 0 aliphatic heterocycles.